The van der Waals surface area contributed by atoms with Crippen molar-refractivity contribution in [3.05, 3.63) is 0 Å². The van der Waals surface area contributed by atoms with Crippen LogP contribution in [0.5, 0.6) is 0 Å². The van der Waals surface area contributed by atoms with E-state index in [0.717, 1.165) is 32.2 Å². The Morgan fingerprint density at radius 3 is 2.68 bits per heavy atom. The Kier molecular flexibility index (Phi) is 5.64. The van der Waals surface area contributed by atoms with Gasteiger partial charge < -0.3 is 15.3 Å². The molecule has 1 aliphatic heterocycles. The lowest BCUT2D eigenvalue weighted by atomic mass is 9.89. The molecule has 0 aromatic rings. The van der Waals surface area contributed by atoms with Crippen LogP contribution >= 0.6 is 0 Å². The molecule has 1 saturated heterocycles. The highest BCUT2D eigenvalue weighted by Crippen LogP contribution is 2.26. The van der Waals surface area contributed by atoms with E-state index >= 15 is 0 Å². The van der Waals surface area contributed by atoms with Crippen LogP contribution < -0.4 is 5.32 Å². The highest BCUT2D eigenvalue weighted by molar-refractivity contribution is 5.82. The van der Waals surface area contributed by atoms with Crippen molar-refractivity contribution in [2.24, 2.45) is 5.92 Å². The number of amides is 1. The minimum absolute atomic E-state index is 0.0224. The molecular formula is C15H28N2O2. The summed E-state index contributed by atoms with van der Waals surface area (Å²) in [6.07, 6.45) is 7.96. The van der Waals surface area contributed by atoms with Gasteiger partial charge in [-0.2, -0.15) is 0 Å². The molecule has 0 aromatic carbocycles. The monoisotopic (exact) mass is 268 g/mol. The van der Waals surface area contributed by atoms with Crippen LogP contribution in [0.4, 0.5) is 0 Å². The summed E-state index contributed by atoms with van der Waals surface area (Å²) in [6, 6.07) is 0.342. The molecule has 1 saturated carbocycles. The zero-order valence-electron chi connectivity index (χ0n) is 12.1. The molecule has 1 aliphatic carbocycles. The number of aliphatic hydroxyl groups is 1. The lowest BCUT2D eigenvalue weighted by Gasteiger charge is -2.36. The van der Waals surface area contributed by atoms with E-state index in [1.165, 1.54) is 19.3 Å². The summed E-state index contributed by atoms with van der Waals surface area (Å²) in [6.45, 7) is 3.73. The molecule has 110 valence electrons. The predicted octanol–water partition coefficient (Wildman–Crippen LogP) is 1.53. The van der Waals surface area contributed by atoms with Crippen molar-refractivity contribution in [3.63, 3.8) is 0 Å². The van der Waals surface area contributed by atoms with Crippen LogP contribution in [0.3, 0.4) is 0 Å². The first-order valence-corrected chi connectivity index (χ1v) is 7.91. The van der Waals surface area contributed by atoms with E-state index in [9.17, 15) is 9.90 Å². The van der Waals surface area contributed by atoms with Crippen molar-refractivity contribution >= 4 is 5.91 Å². The second kappa shape index (κ2) is 7.25. The average Bonchev–Trinajstić information content (AvgIpc) is 2.98. The van der Waals surface area contributed by atoms with Crippen molar-refractivity contribution in [1.82, 2.24) is 10.2 Å². The first-order valence-electron chi connectivity index (χ1n) is 7.91. The summed E-state index contributed by atoms with van der Waals surface area (Å²) >= 11 is 0. The second-order valence-corrected chi connectivity index (χ2v) is 6.00. The fraction of sp³-hybridized carbons (Fsp3) is 0.933. The number of rotatable bonds is 5. The van der Waals surface area contributed by atoms with Gasteiger partial charge in [-0.05, 0) is 38.1 Å². The van der Waals surface area contributed by atoms with Crippen LogP contribution in [0.25, 0.3) is 0 Å². The van der Waals surface area contributed by atoms with E-state index in [1.54, 1.807) is 0 Å². The fourth-order valence-electron chi connectivity index (χ4n) is 3.55. The number of piperidine rings is 1. The zero-order chi connectivity index (χ0) is 13.7. The van der Waals surface area contributed by atoms with Gasteiger partial charge in [-0.1, -0.05) is 26.2 Å². The van der Waals surface area contributed by atoms with Crippen LogP contribution in [-0.2, 0) is 4.79 Å². The van der Waals surface area contributed by atoms with Gasteiger partial charge in [0.15, 0.2) is 0 Å². The van der Waals surface area contributed by atoms with Gasteiger partial charge in [0, 0.05) is 12.6 Å². The van der Waals surface area contributed by atoms with Crippen LogP contribution in [-0.4, -0.2) is 47.7 Å². The Balaban J connectivity index is 1.97. The number of carbonyl (C=O) groups is 1. The van der Waals surface area contributed by atoms with Gasteiger partial charge in [0.05, 0.1) is 12.6 Å². The Morgan fingerprint density at radius 2 is 2.05 bits per heavy atom. The molecule has 0 radical (unpaired) electrons. The number of hydrogen-bond donors (Lipinski definition) is 2. The standard InChI is InChI=1S/C15H28N2O2/c1-2-12-7-8-16-14(11-12)15(19)17(9-10-18)13-5-3-4-6-13/h12-14,16,18H,2-11H2,1H3. The third-order valence-electron chi connectivity index (χ3n) is 4.78. The average molecular weight is 268 g/mol. The lowest BCUT2D eigenvalue weighted by Crippen LogP contribution is -2.53. The SMILES string of the molecule is CCC1CCNC(C(=O)N(CCO)C2CCCC2)C1. The molecule has 2 atom stereocenters. The number of aliphatic hydroxyl groups excluding tert-OH is 1. The number of nitrogens with one attached hydrogen (secondary N) is 1. The number of carbonyl (C=O) groups excluding carboxylic acids is 1. The molecule has 0 aromatic heterocycles. The maximum atomic E-state index is 12.7. The summed E-state index contributed by atoms with van der Waals surface area (Å²) in [4.78, 5) is 14.6. The Morgan fingerprint density at radius 1 is 1.32 bits per heavy atom. The van der Waals surface area contributed by atoms with Crippen molar-refractivity contribution < 1.29 is 9.90 Å². The van der Waals surface area contributed by atoms with Crippen molar-refractivity contribution in [1.29, 1.82) is 0 Å². The van der Waals surface area contributed by atoms with Crippen LogP contribution in [0, 0.1) is 5.92 Å². The van der Waals surface area contributed by atoms with Crippen LogP contribution in [0.2, 0.25) is 0 Å². The van der Waals surface area contributed by atoms with E-state index in [2.05, 4.69) is 12.2 Å². The van der Waals surface area contributed by atoms with E-state index in [4.69, 9.17) is 0 Å². The highest BCUT2D eigenvalue weighted by Gasteiger charge is 2.33. The summed E-state index contributed by atoms with van der Waals surface area (Å²) in [5, 5.41) is 12.6. The largest absolute Gasteiger partial charge is 0.395 e. The Bertz CT molecular complexity index is 290. The fourth-order valence-corrected chi connectivity index (χ4v) is 3.55. The molecule has 2 fully saturated rings. The quantitative estimate of drug-likeness (QED) is 0.795. The van der Waals surface area contributed by atoms with E-state index in [0.29, 0.717) is 18.5 Å². The minimum Gasteiger partial charge on any atom is -0.395 e. The molecular weight excluding hydrogens is 240 g/mol. The first kappa shape index (κ1) is 14.8. The molecule has 4 nitrogen and oxygen atoms in total. The van der Waals surface area contributed by atoms with Gasteiger partial charge in [0.2, 0.25) is 5.91 Å². The summed E-state index contributed by atoms with van der Waals surface area (Å²) in [5.74, 6) is 0.897. The number of hydrogen-bond acceptors (Lipinski definition) is 3. The lowest BCUT2D eigenvalue weighted by molar-refractivity contribution is -0.137. The molecule has 2 aliphatic rings. The third-order valence-corrected chi connectivity index (χ3v) is 4.78. The maximum absolute atomic E-state index is 12.7. The summed E-state index contributed by atoms with van der Waals surface area (Å²) < 4.78 is 0. The molecule has 1 amide bonds. The highest BCUT2D eigenvalue weighted by atomic mass is 16.3. The smallest absolute Gasteiger partial charge is 0.240 e. The number of nitrogens with zero attached hydrogens (tertiary/aromatic N) is 1. The predicted molar refractivity (Wildman–Crippen MR) is 75.9 cm³/mol. The second-order valence-electron chi connectivity index (χ2n) is 6.00. The van der Waals surface area contributed by atoms with Gasteiger partial charge >= 0.3 is 0 Å². The molecule has 19 heavy (non-hydrogen) atoms. The van der Waals surface area contributed by atoms with Gasteiger partial charge in [-0.15, -0.1) is 0 Å². The normalized spacial score (nSPS) is 28.5. The van der Waals surface area contributed by atoms with Crippen molar-refractivity contribution in [2.45, 2.75) is 64.0 Å². The molecule has 4 heteroatoms. The Hall–Kier alpha value is -0.610. The molecule has 1 heterocycles. The molecule has 2 rings (SSSR count). The van der Waals surface area contributed by atoms with Gasteiger partial charge in [-0.3, -0.25) is 4.79 Å². The van der Waals surface area contributed by atoms with E-state index < -0.39 is 0 Å². The van der Waals surface area contributed by atoms with Crippen LogP contribution in [0.15, 0.2) is 0 Å². The topological polar surface area (TPSA) is 52.6 Å². The first-order chi connectivity index (χ1) is 9.26. The molecule has 2 unspecified atom stereocenters. The molecule has 2 N–H and O–H groups in total. The summed E-state index contributed by atoms with van der Waals surface area (Å²) in [5.41, 5.74) is 0. The maximum Gasteiger partial charge on any atom is 0.240 e. The van der Waals surface area contributed by atoms with E-state index in [-0.39, 0.29) is 18.6 Å². The Labute approximate surface area is 116 Å². The van der Waals surface area contributed by atoms with Crippen LogP contribution in [0.1, 0.15) is 51.9 Å². The van der Waals surface area contributed by atoms with Gasteiger partial charge in [0.25, 0.3) is 0 Å². The van der Waals surface area contributed by atoms with E-state index in [1.807, 2.05) is 4.90 Å². The zero-order valence-corrected chi connectivity index (χ0v) is 12.1. The third kappa shape index (κ3) is 3.69. The molecule has 0 spiro atoms. The summed E-state index contributed by atoms with van der Waals surface area (Å²) in [7, 11) is 0. The van der Waals surface area contributed by atoms with Crippen molar-refractivity contribution in [2.75, 3.05) is 19.7 Å². The van der Waals surface area contributed by atoms with Gasteiger partial charge in [-0.25, -0.2) is 0 Å². The van der Waals surface area contributed by atoms with Gasteiger partial charge in [0.1, 0.15) is 0 Å². The molecule has 0 bridgehead atoms. The minimum atomic E-state index is -0.0224. The van der Waals surface area contributed by atoms with Crippen molar-refractivity contribution in [3.8, 4) is 0 Å².